The zero-order valence-corrected chi connectivity index (χ0v) is 13.3. The molecule has 2 rings (SSSR count). The summed E-state index contributed by atoms with van der Waals surface area (Å²) in [7, 11) is 3.81. The number of hydrogen-bond donors (Lipinski definition) is 1. The monoisotopic (exact) mass is 294 g/mol. The summed E-state index contributed by atoms with van der Waals surface area (Å²) < 4.78 is 5.39. The molecule has 0 atom stereocenters. The van der Waals surface area contributed by atoms with Crippen molar-refractivity contribution in [3.8, 4) is 0 Å². The first-order valence-electron chi connectivity index (χ1n) is 7.72. The maximum absolute atomic E-state index is 5.39. The standard InChI is InChI=1S/C14H26N6O/c1-4-21-11-10-19(3)13-16-12(15-2)17-14(18-13)20-8-6-5-7-9-20/h4-11H2,1-3H3,(H,15,16,17,18). The van der Waals surface area contributed by atoms with Gasteiger partial charge >= 0.3 is 0 Å². The van der Waals surface area contributed by atoms with Crippen LogP contribution in [0.2, 0.25) is 0 Å². The van der Waals surface area contributed by atoms with E-state index in [-0.39, 0.29) is 0 Å². The molecule has 0 saturated carbocycles. The summed E-state index contributed by atoms with van der Waals surface area (Å²) in [6.07, 6.45) is 3.70. The second-order valence-corrected chi connectivity index (χ2v) is 5.18. The summed E-state index contributed by atoms with van der Waals surface area (Å²) in [4.78, 5) is 17.8. The normalized spacial score (nSPS) is 15.1. The zero-order valence-electron chi connectivity index (χ0n) is 13.3. The minimum Gasteiger partial charge on any atom is -0.380 e. The van der Waals surface area contributed by atoms with Gasteiger partial charge in [-0.15, -0.1) is 0 Å². The zero-order chi connectivity index (χ0) is 15.1. The summed E-state index contributed by atoms with van der Waals surface area (Å²) in [6, 6.07) is 0. The van der Waals surface area contributed by atoms with E-state index in [1.165, 1.54) is 19.3 Å². The lowest BCUT2D eigenvalue weighted by atomic mass is 10.1. The highest BCUT2D eigenvalue weighted by molar-refractivity contribution is 5.44. The van der Waals surface area contributed by atoms with Gasteiger partial charge in [0.15, 0.2) is 0 Å². The highest BCUT2D eigenvalue weighted by atomic mass is 16.5. The molecule has 118 valence electrons. The first kappa shape index (κ1) is 15.8. The van der Waals surface area contributed by atoms with Gasteiger partial charge in [0.1, 0.15) is 0 Å². The average molecular weight is 294 g/mol. The third kappa shape index (κ3) is 4.42. The quantitative estimate of drug-likeness (QED) is 0.762. The molecule has 1 aliphatic heterocycles. The topological polar surface area (TPSA) is 66.4 Å². The molecule has 1 aromatic rings. The molecule has 0 unspecified atom stereocenters. The summed E-state index contributed by atoms with van der Waals surface area (Å²) in [5.74, 6) is 2.07. The Kier molecular flexibility index (Phi) is 5.98. The molecule has 0 bridgehead atoms. The molecule has 1 saturated heterocycles. The van der Waals surface area contributed by atoms with Crippen LogP contribution in [0.3, 0.4) is 0 Å². The number of rotatable bonds is 7. The minimum atomic E-state index is 0.615. The Hall–Kier alpha value is -1.63. The van der Waals surface area contributed by atoms with Crippen molar-refractivity contribution in [2.45, 2.75) is 26.2 Å². The molecule has 1 N–H and O–H groups in total. The number of likely N-dealkylation sites (N-methyl/N-ethyl adjacent to an activating group) is 1. The van der Waals surface area contributed by atoms with Crippen molar-refractivity contribution in [3.63, 3.8) is 0 Å². The molecule has 0 spiro atoms. The van der Waals surface area contributed by atoms with E-state index < -0.39 is 0 Å². The Balaban J connectivity index is 2.12. The van der Waals surface area contributed by atoms with Crippen LogP contribution in [0.15, 0.2) is 0 Å². The number of hydrogen-bond acceptors (Lipinski definition) is 7. The molecular weight excluding hydrogens is 268 g/mol. The SMILES string of the molecule is CCOCCN(C)c1nc(NC)nc(N2CCCCC2)n1. The van der Waals surface area contributed by atoms with Crippen LogP contribution >= 0.6 is 0 Å². The van der Waals surface area contributed by atoms with Crippen LogP contribution in [0, 0.1) is 0 Å². The Morgan fingerprint density at radius 2 is 1.95 bits per heavy atom. The van der Waals surface area contributed by atoms with Crippen LogP contribution in [0.1, 0.15) is 26.2 Å². The van der Waals surface area contributed by atoms with E-state index in [4.69, 9.17) is 4.74 Å². The number of nitrogens with zero attached hydrogens (tertiary/aromatic N) is 5. The van der Waals surface area contributed by atoms with Gasteiger partial charge in [-0.25, -0.2) is 0 Å². The van der Waals surface area contributed by atoms with Crippen LogP contribution in [-0.4, -0.2) is 61.9 Å². The van der Waals surface area contributed by atoms with Gasteiger partial charge in [0.2, 0.25) is 17.8 Å². The van der Waals surface area contributed by atoms with Gasteiger partial charge in [0.05, 0.1) is 6.61 Å². The van der Waals surface area contributed by atoms with Crippen molar-refractivity contribution in [3.05, 3.63) is 0 Å². The molecule has 1 aromatic heterocycles. The van der Waals surface area contributed by atoms with Crippen molar-refractivity contribution in [1.82, 2.24) is 15.0 Å². The molecule has 0 amide bonds. The van der Waals surface area contributed by atoms with Crippen LogP contribution in [-0.2, 0) is 4.74 Å². The fraction of sp³-hybridized carbons (Fsp3) is 0.786. The van der Waals surface area contributed by atoms with Crippen molar-refractivity contribution in [2.75, 3.05) is 62.1 Å². The first-order chi connectivity index (χ1) is 10.2. The van der Waals surface area contributed by atoms with Gasteiger partial charge in [-0.3, -0.25) is 0 Å². The summed E-state index contributed by atoms with van der Waals surface area (Å²) >= 11 is 0. The average Bonchev–Trinajstić information content (AvgIpc) is 2.55. The molecule has 0 aliphatic carbocycles. The van der Waals surface area contributed by atoms with Gasteiger partial charge in [0.25, 0.3) is 0 Å². The lowest BCUT2D eigenvalue weighted by Gasteiger charge is -2.27. The van der Waals surface area contributed by atoms with Crippen molar-refractivity contribution >= 4 is 17.8 Å². The lowest BCUT2D eigenvalue weighted by molar-refractivity contribution is 0.154. The van der Waals surface area contributed by atoms with Crippen LogP contribution in [0.5, 0.6) is 0 Å². The van der Waals surface area contributed by atoms with Crippen LogP contribution < -0.4 is 15.1 Å². The molecule has 7 heteroatoms. The molecule has 2 heterocycles. The molecule has 0 radical (unpaired) electrons. The maximum atomic E-state index is 5.39. The number of anilines is 3. The minimum absolute atomic E-state index is 0.615. The van der Waals surface area contributed by atoms with E-state index in [2.05, 4.69) is 25.2 Å². The number of piperidine rings is 1. The molecule has 1 aliphatic rings. The van der Waals surface area contributed by atoms with Crippen molar-refractivity contribution in [1.29, 1.82) is 0 Å². The van der Waals surface area contributed by atoms with E-state index in [1.807, 2.05) is 25.9 Å². The highest BCUT2D eigenvalue weighted by Crippen LogP contribution is 2.19. The lowest BCUT2D eigenvalue weighted by Crippen LogP contribution is -2.32. The van der Waals surface area contributed by atoms with Crippen molar-refractivity contribution < 1.29 is 4.74 Å². The number of ether oxygens (including phenoxy) is 1. The molecule has 0 aromatic carbocycles. The van der Waals surface area contributed by atoms with Gasteiger partial charge in [-0.05, 0) is 26.2 Å². The summed E-state index contributed by atoms with van der Waals surface area (Å²) in [6.45, 7) is 6.21. The first-order valence-corrected chi connectivity index (χ1v) is 7.72. The maximum Gasteiger partial charge on any atom is 0.231 e. The third-order valence-electron chi connectivity index (χ3n) is 3.59. The summed E-state index contributed by atoms with van der Waals surface area (Å²) in [5, 5.41) is 3.02. The Morgan fingerprint density at radius 3 is 2.62 bits per heavy atom. The Labute approximate surface area is 126 Å². The number of nitrogens with one attached hydrogen (secondary N) is 1. The Morgan fingerprint density at radius 1 is 1.19 bits per heavy atom. The third-order valence-corrected chi connectivity index (χ3v) is 3.59. The fourth-order valence-corrected chi connectivity index (χ4v) is 2.32. The molecule has 1 fully saturated rings. The van der Waals surface area contributed by atoms with Gasteiger partial charge in [0, 0.05) is 40.3 Å². The van der Waals surface area contributed by atoms with Crippen LogP contribution in [0.4, 0.5) is 17.8 Å². The van der Waals surface area contributed by atoms with Gasteiger partial charge in [-0.2, -0.15) is 15.0 Å². The predicted octanol–water partition coefficient (Wildman–Crippen LogP) is 1.38. The van der Waals surface area contributed by atoms with Crippen molar-refractivity contribution in [2.24, 2.45) is 0 Å². The van der Waals surface area contributed by atoms with E-state index in [9.17, 15) is 0 Å². The van der Waals surface area contributed by atoms with E-state index >= 15 is 0 Å². The second kappa shape index (κ2) is 7.97. The van der Waals surface area contributed by atoms with Gasteiger partial charge in [-0.1, -0.05) is 0 Å². The summed E-state index contributed by atoms with van der Waals surface area (Å²) in [5.41, 5.74) is 0. The largest absolute Gasteiger partial charge is 0.380 e. The van der Waals surface area contributed by atoms with Crippen LogP contribution in [0.25, 0.3) is 0 Å². The van der Waals surface area contributed by atoms with E-state index in [0.29, 0.717) is 18.5 Å². The number of aromatic nitrogens is 3. The fourth-order valence-electron chi connectivity index (χ4n) is 2.32. The van der Waals surface area contributed by atoms with E-state index in [1.54, 1.807) is 0 Å². The predicted molar refractivity (Wildman–Crippen MR) is 85.2 cm³/mol. The highest BCUT2D eigenvalue weighted by Gasteiger charge is 2.17. The molecule has 21 heavy (non-hydrogen) atoms. The molecule has 7 nitrogen and oxygen atoms in total. The van der Waals surface area contributed by atoms with Gasteiger partial charge < -0.3 is 19.9 Å². The second-order valence-electron chi connectivity index (χ2n) is 5.18. The molecular formula is C14H26N6O. The van der Waals surface area contributed by atoms with E-state index in [0.717, 1.165) is 32.2 Å². The smallest absolute Gasteiger partial charge is 0.231 e. The Bertz CT molecular complexity index is 435.